The van der Waals surface area contributed by atoms with Crippen LogP contribution in [0.4, 0.5) is 5.69 Å². The zero-order valence-corrected chi connectivity index (χ0v) is 17.4. The summed E-state index contributed by atoms with van der Waals surface area (Å²) in [6, 6.07) is 4.69. The van der Waals surface area contributed by atoms with Gasteiger partial charge >= 0.3 is 0 Å². The highest BCUT2D eigenvalue weighted by Crippen LogP contribution is 2.32. The van der Waals surface area contributed by atoms with Crippen LogP contribution in [-0.2, 0) is 0 Å². The van der Waals surface area contributed by atoms with E-state index in [2.05, 4.69) is 15.6 Å². The first kappa shape index (κ1) is 22.4. The SMILES string of the molecule is Cc1[nH]c(C(=O)Nc2cc(C(N)=O)ccc2OC2CCNCC2)c(Cl)c1Cl.Cl. The fraction of sp³-hybridized carbons (Fsp3) is 0.333. The summed E-state index contributed by atoms with van der Waals surface area (Å²) < 4.78 is 6.04. The Morgan fingerprint density at radius 1 is 1.21 bits per heavy atom. The molecule has 2 amide bonds. The number of benzene rings is 1. The molecule has 0 spiro atoms. The topological polar surface area (TPSA) is 109 Å². The van der Waals surface area contributed by atoms with Crippen LogP contribution >= 0.6 is 35.6 Å². The fourth-order valence-electron chi connectivity index (χ4n) is 2.89. The van der Waals surface area contributed by atoms with Crippen molar-refractivity contribution in [2.75, 3.05) is 18.4 Å². The van der Waals surface area contributed by atoms with Crippen LogP contribution in [0.5, 0.6) is 5.75 Å². The second-order valence-electron chi connectivity index (χ2n) is 6.35. The van der Waals surface area contributed by atoms with Gasteiger partial charge in [-0.3, -0.25) is 9.59 Å². The van der Waals surface area contributed by atoms with Gasteiger partial charge in [0.25, 0.3) is 5.91 Å². The van der Waals surface area contributed by atoms with Gasteiger partial charge in [0.1, 0.15) is 17.5 Å². The van der Waals surface area contributed by atoms with Crippen LogP contribution in [0.25, 0.3) is 0 Å². The number of primary amides is 1. The Morgan fingerprint density at radius 3 is 2.46 bits per heavy atom. The summed E-state index contributed by atoms with van der Waals surface area (Å²) in [4.78, 5) is 27.0. The summed E-state index contributed by atoms with van der Waals surface area (Å²) in [7, 11) is 0. The molecule has 1 saturated heterocycles. The number of hydrogen-bond donors (Lipinski definition) is 4. The Bertz CT molecular complexity index is 879. The zero-order chi connectivity index (χ0) is 19.6. The number of halogens is 3. The van der Waals surface area contributed by atoms with Gasteiger partial charge in [-0.1, -0.05) is 23.2 Å². The zero-order valence-electron chi connectivity index (χ0n) is 15.1. The van der Waals surface area contributed by atoms with Gasteiger partial charge in [-0.05, 0) is 51.1 Å². The van der Waals surface area contributed by atoms with Crippen LogP contribution in [0.3, 0.4) is 0 Å². The number of hydrogen-bond acceptors (Lipinski definition) is 4. The van der Waals surface area contributed by atoms with Gasteiger partial charge < -0.3 is 26.1 Å². The number of aryl methyl sites for hydroxylation is 1. The molecule has 28 heavy (non-hydrogen) atoms. The minimum absolute atomic E-state index is 0. The lowest BCUT2D eigenvalue weighted by molar-refractivity contribution is 0.0995. The highest BCUT2D eigenvalue weighted by Gasteiger charge is 2.21. The van der Waals surface area contributed by atoms with Crippen LogP contribution in [0.1, 0.15) is 39.4 Å². The van der Waals surface area contributed by atoms with E-state index < -0.39 is 11.8 Å². The molecule has 152 valence electrons. The Balaban J connectivity index is 0.00000280. The van der Waals surface area contributed by atoms with Crippen LogP contribution in [-0.4, -0.2) is 36.0 Å². The van der Waals surface area contributed by atoms with Crippen molar-refractivity contribution in [3.05, 3.63) is 45.2 Å². The van der Waals surface area contributed by atoms with E-state index >= 15 is 0 Å². The molecule has 1 fully saturated rings. The number of aromatic amines is 1. The third kappa shape index (κ3) is 4.91. The highest BCUT2D eigenvalue weighted by molar-refractivity contribution is 6.44. The minimum atomic E-state index is -0.601. The van der Waals surface area contributed by atoms with Gasteiger partial charge in [0.2, 0.25) is 5.91 Å². The quantitative estimate of drug-likeness (QED) is 0.562. The number of nitrogens with two attached hydrogens (primary N) is 1. The molecule has 0 unspecified atom stereocenters. The number of carbonyl (C=O) groups excluding carboxylic acids is 2. The molecule has 0 bridgehead atoms. The molecular weight excluding hydrogens is 427 g/mol. The van der Waals surface area contributed by atoms with Crippen LogP contribution in [0, 0.1) is 6.92 Å². The number of H-pyrrole nitrogens is 1. The van der Waals surface area contributed by atoms with Gasteiger partial charge in [0.15, 0.2) is 0 Å². The molecule has 5 N–H and O–H groups in total. The second kappa shape index (κ2) is 9.52. The Hall–Kier alpha value is -1.93. The van der Waals surface area contributed by atoms with Gasteiger partial charge in [-0.15, -0.1) is 12.4 Å². The second-order valence-corrected chi connectivity index (χ2v) is 7.11. The van der Waals surface area contributed by atoms with Gasteiger partial charge in [-0.25, -0.2) is 0 Å². The van der Waals surface area contributed by atoms with Gasteiger partial charge in [0, 0.05) is 11.3 Å². The third-order valence-corrected chi connectivity index (χ3v) is 5.32. The summed E-state index contributed by atoms with van der Waals surface area (Å²) >= 11 is 12.2. The first-order valence-corrected chi connectivity index (χ1v) is 9.28. The van der Waals surface area contributed by atoms with Crippen molar-refractivity contribution in [1.29, 1.82) is 0 Å². The number of piperidine rings is 1. The van der Waals surface area contributed by atoms with Crippen molar-refractivity contribution in [3.63, 3.8) is 0 Å². The van der Waals surface area contributed by atoms with E-state index in [4.69, 9.17) is 33.7 Å². The van der Waals surface area contributed by atoms with E-state index in [0.29, 0.717) is 22.2 Å². The molecule has 0 saturated carbocycles. The normalized spacial score (nSPS) is 14.2. The molecular formula is C18H21Cl3N4O3. The molecule has 0 atom stereocenters. The summed E-state index contributed by atoms with van der Waals surface area (Å²) in [5.74, 6) is -0.631. The smallest absolute Gasteiger partial charge is 0.273 e. The molecule has 1 aliphatic heterocycles. The number of aromatic nitrogens is 1. The lowest BCUT2D eigenvalue weighted by Gasteiger charge is -2.25. The molecule has 0 aliphatic carbocycles. The van der Waals surface area contributed by atoms with Gasteiger partial charge in [-0.2, -0.15) is 0 Å². The number of nitrogens with one attached hydrogen (secondary N) is 3. The van der Waals surface area contributed by atoms with Crippen molar-refractivity contribution in [1.82, 2.24) is 10.3 Å². The number of anilines is 1. The van der Waals surface area contributed by atoms with Crippen LogP contribution < -0.4 is 21.1 Å². The molecule has 7 nitrogen and oxygen atoms in total. The standard InChI is InChI=1S/C18H20Cl2N4O3.ClH/c1-9-14(19)15(20)16(23-9)18(26)24-12-8-10(17(21)25)2-3-13(12)27-11-4-6-22-7-5-11;/h2-3,8,11,22-23H,4-7H2,1H3,(H2,21,25)(H,24,26);1H. The largest absolute Gasteiger partial charge is 0.488 e. The van der Waals surface area contributed by atoms with Crippen LogP contribution in [0.15, 0.2) is 18.2 Å². The Morgan fingerprint density at radius 2 is 1.89 bits per heavy atom. The van der Waals surface area contributed by atoms with Crippen LogP contribution in [0.2, 0.25) is 10.0 Å². The molecule has 2 heterocycles. The van der Waals surface area contributed by atoms with E-state index in [1.165, 1.54) is 6.07 Å². The number of ether oxygens (including phenoxy) is 1. The van der Waals surface area contributed by atoms with E-state index in [9.17, 15) is 9.59 Å². The lowest BCUT2D eigenvalue weighted by Crippen LogP contribution is -2.34. The van der Waals surface area contributed by atoms with Crippen molar-refractivity contribution in [2.45, 2.75) is 25.9 Å². The number of amides is 2. The average molecular weight is 448 g/mol. The van der Waals surface area contributed by atoms with Crippen molar-refractivity contribution in [2.24, 2.45) is 5.73 Å². The molecule has 3 rings (SSSR count). The van der Waals surface area contributed by atoms with E-state index in [1.54, 1.807) is 19.1 Å². The fourth-order valence-corrected chi connectivity index (χ4v) is 3.31. The average Bonchev–Trinajstić information content (AvgIpc) is 2.91. The molecule has 0 radical (unpaired) electrons. The van der Waals surface area contributed by atoms with Crippen molar-refractivity contribution < 1.29 is 14.3 Å². The predicted molar refractivity (Wildman–Crippen MR) is 112 cm³/mol. The lowest BCUT2D eigenvalue weighted by atomic mass is 10.1. The van der Waals surface area contributed by atoms with Gasteiger partial charge in [0.05, 0.1) is 15.7 Å². The number of carbonyl (C=O) groups is 2. The summed E-state index contributed by atoms with van der Waals surface area (Å²) in [5.41, 5.74) is 6.68. The summed E-state index contributed by atoms with van der Waals surface area (Å²) in [6.45, 7) is 3.44. The third-order valence-electron chi connectivity index (χ3n) is 4.37. The molecule has 1 aromatic carbocycles. The first-order valence-electron chi connectivity index (χ1n) is 8.53. The summed E-state index contributed by atoms with van der Waals surface area (Å²) in [5, 5.41) is 6.42. The maximum Gasteiger partial charge on any atom is 0.273 e. The first-order chi connectivity index (χ1) is 12.9. The maximum absolute atomic E-state index is 12.7. The monoisotopic (exact) mass is 446 g/mol. The number of rotatable bonds is 5. The Labute approximate surface area is 178 Å². The van der Waals surface area contributed by atoms with E-state index in [0.717, 1.165) is 25.9 Å². The maximum atomic E-state index is 12.7. The molecule has 1 aromatic heterocycles. The molecule has 1 aliphatic rings. The minimum Gasteiger partial charge on any atom is -0.488 e. The molecule has 10 heteroatoms. The van der Waals surface area contributed by atoms with Crippen molar-refractivity contribution >= 4 is 53.1 Å². The predicted octanol–water partition coefficient (Wildman–Crippen LogP) is 3.53. The van der Waals surface area contributed by atoms with Crippen molar-refractivity contribution in [3.8, 4) is 5.75 Å². The Kier molecular flexibility index (Phi) is 7.60. The molecule has 2 aromatic rings. The summed E-state index contributed by atoms with van der Waals surface area (Å²) in [6.07, 6.45) is 1.72. The highest BCUT2D eigenvalue weighted by atomic mass is 35.5. The van der Waals surface area contributed by atoms with E-state index in [-0.39, 0.29) is 34.8 Å². The van der Waals surface area contributed by atoms with E-state index in [1.807, 2.05) is 0 Å².